The Kier molecular flexibility index (Phi) is 10.6. The van der Waals surface area contributed by atoms with Crippen molar-refractivity contribution in [3.8, 4) is 0 Å². The Bertz CT molecular complexity index is 1260. The summed E-state index contributed by atoms with van der Waals surface area (Å²) in [6.07, 6.45) is -5.08. The summed E-state index contributed by atoms with van der Waals surface area (Å²) in [5.41, 5.74) is 0.836. The van der Waals surface area contributed by atoms with E-state index in [4.69, 9.17) is 14.6 Å². The number of carbonyl (C=O) groups excluding carboxylic acids is 2. The van der Waals surface area contributed by atoms with Crippen LogP contribution in [-0.2, 0) is 14.3 Å². The number of aromatic carboxylic acids is 1. The van der Waals surface area contributed by atoms with Crippen molar-refractivity contribution in [1.29, 1.82) is 0 Å². The molecule has 2 aliphatic rings. The maximum absolute atomic E-state index is 14.1. The molecular weight excluding hydrogens is 556 g/mol. The number of alkyl halides is 3. The van der Waals surface area contributed by atoms with Crippen LogP contribution in [0.3, 0.4) is 0 Å². The van der Waals surface area contributed by atoms with Gasteiger partial charge in [0.2, 0.25) is 5.91 Å². The molecular formula is C26H28F4N4O7. The van der Waals surface area contributed by atoms with Gasteiger partial charge in [-0.25, -0.2) is 14.0 Å². The molecule has 0 spiro atoms. The summed E-state index contributed by atoms with van der Waals surface area (Å²) in [7, 11) is 0. The van der Waals surface area contributed by atoms with Gasteiger partial charge in [-0.15, -0.1) is 0 Å². The Labute approximate surface area is 231 Å². The first kappa shape index (κ1) is 31.3. The van der Waals surface area contributed by atoms with Crippen molar-refractivity contribution in [2.45, 2.75) is 6.18 Å². The van der Waals surface area contributed by atoms with Crippen molar-refractivity contribution in [2.75, 3.05) is 69.2 Å². The topological polar surface area (TPSA) is 140 Å². The maximum atomic E-state index is 14.1. The maximum Gasteiger partial charge on any atom is 0.490 e. The van der Waals surface area contributed by atoms with Gasteiger partial charge in [0.15, 0.2) is 0 Å². The van der Waals surface area contributed by atoms with Crippen molar-refractivity contribution >= 4 is 35.1 Å². The monoisotopic (exact) mass is 584 g/mol. The first-order valence-corrected chi connectivity index (χ1v) is 12.4. The molecule has 2 amide bonds. The Balaban J connectivity index is 0.000000587. The second kappa shape index (κ2) is 13.9. The van der Waals surface area contributed by atoms with Crippen LogP contribution >= 0.6 is 0 Å². The molecule has 41 heavy (non-hydrogen) atoms. The summed E-state index contributed by atoms with van der Waals surface area (Å²) in [4.78, 5) is 51.5. The van der Waals surface area contributed by atoms with Crippen LogP contribution in [0, 0.1) is 5.82 Å². The molecule has 2 aliphatic heterocycles. The number of anilines is 2. The smallest absolute Gasteiger partial charge is 0.478 e. The molecule has 3 N–H and O–H groups in total. The minimum Gasteiger partial charge on any atom is -0.478 e. The third-order valence-corrected chi connectivity index (χ3v) is 6.29. The highest BCUT2D eigenvalue weighted by Gasteiger charge is 2.38. The van der Waals surface area contributed by atoms with Gasteiger partial charge in [0, 0.05) is 39.3 Å². The van der Waals surface area contributed by atoms with Crippen molar-refractivity contribution in [3.63, 3.8) is 0 Å². The minimum absolute atomic E-state index is 0.0160. The zero-order valence-corrected chi connectivity index (χ0v) is 21.7. The molecule has 2 fully saturated rings. The van der Waals surface area contributed by atoms with E-state index in [2.05, 4.69) is 10.2 Å². The fraction of sp³-hybridized carbons (Fsp3) is 0.385. The van der Waals surface area contributed by atoms with Crippen molar-refractivity contribution < 1.29 is 51.7 Å². The first-order chi connectivity index (χ1) is 19.4. The average molecular weight is 585 g/mol. The highest BCUT2D eigenvalue weighted by Crippen LogP contribution is 2.29. The number of carboxylic acid groups (broad SMARTS) is 2. The summed E-state index contributed by atoms with van der Waals surface area (Å²) >= 11 is 0. The van der Waals surface area contributed by atoms with Gasteiger partial charge in [0.05, 0.1) is 42.3 Å². The molecule has 0 aliphatic carbocycles. The molecule has 11 nitrogen and oxygen atoms in total. The van der Waals surface area contributed by atoms with E-state index in [0.29, 0.717) is 70.4 Å². The van der Waals surface area contributed by atoms with Crippen LogP contribution in [-0.4, -0.2) is 109 Å². The van der Waals surface area contributed by atoms with Gasteiger partial charge < -0.3 is 30.1 Å². The number of ether oxygens (including phenoxy) is 1. The van der Waals surface area contributed by atoms with E-state index in [1.807, 2.05) is 9.80 Å². The third-order valence-electron chi connectivity index (χ3n) is 6.29. The van der Waals surface area contributed by atoms with Gasteiger partial charge in [-0.3, -0.25) is 14.5 Å². The number of piperazine rings is 1. The average Bonchev–Trinajstić information content (AvgIpc) is 2.94. The fourth-order valence-electron chi connectivity index (χ4n) is 4.13. The molecule has 15 heteroatoms. The lowest BCUT2D eigenvalue weighted by molar-refractivity contribution is -0.192. The normalized spacial score (nSPS) is 15.9. The number of hydrogen-bond donors (Lipinski definition) is 3. The molecule has 2 aromatic carbocycles. The highest BCUT2D eigenvalue weighted by atomic mass is 19.4. The predicted molar refractivity (Wildman–Crippen MR) is 137 cm³/mol. The minimum atomic E-state index is -5.08. The van der Waals surface area contributed by atoms with Crippen LogP contribution in [0.4, 0.5) is 28.9 Å². The van der Waals surface area contributed by atoms with Gasteiger partial charge in [0.25, 0.3) is 5.91 Å². The zero-order chi connectivity index (χ0) is 30.2. The van der Waals surface area contributed by atoms with Crippen LogP contribution in [0.5, 0.6) is 0 Å². The lowest BCUT2D eigenvalue weighted by Crippen LogP contribution is -2.51. The van der Waals surface area contributed by atoms with Crippen LogP contribution in [0.2, 0.25) is 0 Å². The number of halogens is 4. The summed E-state index contributed by atoms with van der Waals surface area (Å²) in [5, 5.41) is 19.2. The fourth-order valence-corrected chi connectivity index (χ4v) is 4.13. The Morgan fingerprint density at radius 2 is 1.51 bits per heavy atom. The number of nitrogens with zero attached hydrogens (tertiary/aromatic N) is 3. The molecule has 0 saturated carbocycles. The summed E-state index contributed by atoms with van der Waals surface area (Å²) < 4.78 is 51.1. The number of morpholine rings is 1. The zero-order valence-electron chi connectivity index (χ0n) is 21.7. The van der Waals surface area contributed by atoms with Crippen LogP contribution in [0.1, 0.15) is 20.7 Å². The highest BCUT2D eigenvalue weighted by molar-refractivity contribution is 6.07. The molecule has 2 saturated heterocycles. The number of nitrogens with one attached hydrogen (secondary N) is 1. The Morgan fingerprint density at radius 3 is 2.07 bits per heavy atom. The lowest BCUT2D eigenvalue weighted by atomic mass is 10.1. The predicted octanol–water partition coefficient (Wildman–Crippen LogP) is 2.39. The van der Waals surface area contributed by atoms with E-state index < -0.39 is 29.8 Å². The van der Waals surface area contributed by atoms with E-state index in [-0.39, 0.29) is 17.0 Å². The first-order valence-electron chi connectivity index (χ1n) is 12.4. The SMILES string of the molecule is O=C(O)C(F)(F)F.O=C(O)c1ccc(N2CCN(CC(=O)N3CCOCC3)CC2)c(NC(=O)c2ccccc2F)c1. The van der Waals surface area contributed by atoms with E-state index in [1.165, 1.54) is 30.3 Å². The summed E-state index contributed by atoms with van der Waals surface area (Å²) in [6.45, 7) is 5.13. The third kappa shape index (κ3) is 8.88. The summed E-state index contributed by atoms with van der Waals surface area (Å²) in [5.74, 6) is -5.11. The van der Waals surface area contributed by atoms with Crippen molar-refractivity contribution in [3.05, 3.63) is 59.4 Å². The van der Waals surface area contributed by atoms with Gasteiger partial charge in [-0.2, -0.15) is 13.2 Å². The largest absolute Gasteiger partial charge is 0.490 e. The molecule has 0 atom stereocenters. The number of hydrogen-bond acceptors (Lipinski definition) is 7. The van der Waals surface area contributed by atoms with E-state index >= 15 is 0 Å². The van der Waals surface area contributed by atoms with Gasteiger partial charge in [-0.05, 0) is 30.3 Å². The van der Waals surface area contributed by atoms with Crippen LogP contribution < -0.4 is 10.2 Å². The van der Waals surface area contributed by atoms with Crippen LogP contribution in [0.15, 0.2) is 42.5 Å². The Hall–Kier alpha value is -4.24. The number of aliphatic carboxylic acids is 1. The van der Waals surface area contributed by atoms with Gasteiger partial charge >= 0.3 is 18.1 Å². The lowest BCUT2D eigenvalue weighted by Gasteiger charge is -2.37. The van der Waals surface area contributed by atoms with Crippen LogP contribution in [0.25, 0.3) is 0 Å². The quantitative estimate of drug-likeness (QED) is 0.437. The number of amides is 2. The number of rotatable bonds is 6. The van der Waals surface area contributed by atoms with Crippen molar-refractivity contribution in [2.24, 2.45) is 0 Å². The Morgan fingerprint density at radius 1 is 0.902 bits per heavy atom. The molecule has 222 valence electrons. The second-order valence-electron chi connectivity index (χ2n) is 9.03. The van der Waals surface area contributed by atoms with E-state index in [0.717, 1.165) is 0 Å². The molecule has 4 rings (SSSR count). The van der Waals surface area contributed by atoms with Crippen molar-refractivity contribution in [1.82, 2.24) is 9.80 Å². The van der Waals surface area contributed by atoms with E-state index in [1.54, 1.807) is 12.1 Å². The number of benzene rings is 2. The second-order valence-corrected chi connectivity index (χ2v) is 9.03. The molecule has 0 radical (unpaired) electrons. The molecule has 2 aromatic rings. The molecule has 0 unspecified atom stereocenters. The molecule has 2 heterocycles. The summed E-state index contributed by atoms with van der Waals surface area (Å²) in [6, 6.07) is 10.1. The van der Waals surface area contributed by atoms with Gasteiger partial charge in [0.1, 0.15) is 5.82 Å². The molecule has 0 bridgehead atoms. The van der Waals surface area contributed by atoms with Gasteiger partial charge in [-0.1, -0.05) is 12.1 Å². The number of carbonyl (C=O) groups is 4. The number of carboxylic acids is 2. The standard InChI is InChI=1S/C24H27FN4O5.C2HF3O2/c25-19-4-2-1-3-18(19)23(31)26-20-15-17(24(32)33)5-6-21(20)28-9-7-27(8-10-28)16-22(30)29-11-13-34-14-12-29;3-2(4,5)1(6)7/h1-6,15H,7-14,16H2,(H,26,31)(H,32,33);(H,6,7). The van der Waals surface area contributed by atoms with E-state index in [9.17, 15) is 37.1 Å². The molecule has 0 aromatic heterocycles.